The number of hydrogen-bond acceptors (Lipinski definition) is 4. The molecule has 3 atom stereocenters. The van der Waals surface area contributed by atoms with Crippen LogP contribution in [0.25, 0.3) is 0 Å². The molecule has 0 spiro atoms. The van der Waals surface area contributed by atoms with Crippen LogP contribution in [0.1, 0.15) is 37.8 Å². The van der Waals surface area contributed by atoms with Gasteiger partial charge in [-0.15, -0.1) is 0 Å². The van der Waals surface area contributed by atoms with E-state index >= 15 is 0 Å². The standard InChI is InChI=1S/C12H18FN3O/c1-7(14)11-4-8(13)6-16-12(11)17-10-3-2-9(15)5-10/h4,6-7,9-10H,2-3,5,14-15H2,1H3/t7-,9?,10?/m1/s1. The number of rotatable bonds is 3. The zero-order valence-corrected chi connectivity index (χ0v) is 9.90. The zero-order valence-electron chi connectivity index (χ0n) is 9.90. The fraction of sp³-hybridized carbons (Fsp3) is 0.583. The second-order valence-electron chi connectivity index (χ2n) is 4.65. The molecule has 1 aromatic rings. The van der Waals surface area contributed by atoms with Gasteiger partial charge in [0.15, 0.2) is 0 Å². The van der Waals surface area contributed by atoms with Crippen LogP contribution < -0.4 is 16.2 Å². The van der Waals surface area contributed by atoms with E-state index in [-0.39, 0.29) is 18.2 Å². The Morgan fingerprint density at radius 3 is 2.88 bits per heavy atom. The van der Waals surface area contributed by atoms with Gasteiger partial charge in [-0.25, -0.2) is 9.37 Å². The first-order valence-corrected chi connectivity index (χ1v) is 5.89. The van der Waals surface area contributed by atoms with Crippen LogP contribution in [0, 0.1) is 5.82 Å². The number of halogens is 1. The molecule has 1 saturated carbocycles. The van der Waals surface area contributed by atoms with Crippen LogP contribution in [0.15, 0.2) is 12.3 Å². The molecule has 1 heterocycles. The molecular weight excluding hydrogens is 221 g/mol. The van der Waals surface area contributed by atoms with Crippen LogP contribution in [0.4, 0.5) is 4.39 Å². The third kappa shape index (κ3) is 2.92. The summed E-state index contributed by atoms with van der Waals surface area (Å²) < 4.78 is 18.8. The summed E-state index contributed by atoms with van der Waals surface area (Å²) in [7, 11) is 0. The molecule has 0 amide bonds. The summed E-state index contributed by atoms with van der Waals surface area (Å²) in [5.41, 5.74) is 12.2. The predicted molar refractivity (Wildman–Crippen MR) is 63.0 cm³/mol. The lowest BCUT2D eigenvalue weighted by molar-refractivity contribution is 0.196. The maximum absolute atomic E-state index is 13.1. The number of nitrogens with zero attached hydrogens (tertiary/aromatic N) is 1. The Bertz CT molecular complexity index is 397. The average Bonchev–Trinajstić information content (AvgIpc) is 2.66. The predicted octanol–water partition coefficient (Wildman–Crippen LogP) is 1.50. The molecule has 1 aliphatic carbocycles. The molecule has 2 rings (SSSR count). The summed E-state index contributed by atoms with van der Waals surface area (Å²) in [5, 5.41) is 0. The van der Waals surface area contributed by atoms with Crippen LogP contribution >= 0.6 is 0 Å². The smallest absolute Gasteiger partial charge is 0.218 e. The van der Waals surface area contributed by atoms with E-state index in [2.05, 4.69) is 4.98 Å². The van der Waals surface area contributed by atoms with Crippen molar-refractivity contribution >= 4 is 0 Å². The monoisotopic (exact) mass is 239 g/mol. The van der Waals surface area contributed by atoms with Crippen molar-refractivity contribution in [2.45, 2.75) is 44.4 Å². The molecule has 17 heavy (non-hydrogen) atoms. The van der Waals surface area contributed by atoms with Gasteiger partial charge in [0.25, 0.3) is 0 Å². The van der Waals surface area contributed by atoms with E-state index in [0.717, 1.165) is 25.5 Å². The SMILES string of the molecule is C[C@@H](N)c1cc(F)cnc1OC1CCC(N)C1. The van der Waals surface area contributed by atoms with Crippen molar-refractivity contribution in [1.82, 2.24) is 4.98 Å². The topological polar surface area (TPSA) is 74.2 Å². The normalized spacial score (nSPS) is 25.9. The molecular formula is C12H18FN3O. The third-order valence-electron chi connectivity index (χ3n) is 3.04. The number of aromatic nitrogens is 1. The molecule has 94 valence electrons. The molecule has 0 saturated heterocycles. The molecule has 4 N–H and O–H groups in total. The van der Waals surface area contributed by atoms with Crippen molar-refractivity contribution in [3.8, 4) is 5.88 Å². The minimum absolute atomic E-state index is 0.0699. The van der Waals surface area contributed by atoms with E-state index in [4.69, 9.17) is 16.2 Å². The first kappa shape index (κ1) is 12.3. The molecule has 1 aliphatic rings. The van der Waals surface area contributed by atoms with Gasteiger partial charge in [-0.3, -0.25) is 0 Å². The van der Waals surface area contributed by atoms with Gasteiger partial charge in [0, 0.05) is 17.6 Å². The van der Waals surface area contributed by atoms with Crippen LogP contribution in [0.3, 0.4) is 0 Å². The van der Waals surface area contributed by atoms with E-state index in [0.29, 0.717) is 11.4 Å². The Hall–Kier alpha value is -1.20. The number of pyridine rings is 1. The van der Waals surface area contributed by atoms with E-state index in [1.807, 2.05) is 0 Å². The van der Waals surface area contributed by atoms with Gasteiger partial charge in [0.05, 0.1) is 6.20 Å². The molecule has 0 aromatic carbocycles. The number of ether oxygens (including phenoxy) is 1. The Morgan fingerprint density at radius 2 is 2.29 bits per heavy atom. The lowest BCUT2D eigenvalue weighted by atomic mass is 10.1. The highest BCUT2D eigenvalue weighted by Crippen LogP contribution is 2.27. The summed E-state index contributed by atoms with van der Waals surface area (Å²) in [6.45, 7) is 1.78. The number of nitrogens with two attached hydrogens (primary N) is 2. The summed E-state index contributed by atoms with van der Waals surface area (Å²) in [6, 6.07) is 1.27. The van der Waals surface area contributed by atoms with Crippen molar-refractivity contribution in [2.24, 2.45) is 11.5 Å². The van der Waals surface area contributed by atoms with E-state index in [9.17, 15) is 4.39 Å². The largest absolute Gasteiger partial charge is 0.474 e. The van der Waals surface area contributed by atoms with Gasteiger partial charge >= 0.3 is 0 Å². The highest BCUT2D eigenvalue weighted by Gasteiger charge is 2.25. The van der Waals surface area contributed by atoms with Crippen molar-refractivity contribution < 1.29 is 9.13 Å². The first-order chi connectivity index (χ1) is 8.06. The van der Waals surface area contributed by atoms with Gasteiger partial charge in [0.1, 0.15) is 11.9 Å². The quantitative estimate of drug-likeness (QED) is 0.838. The van der Waals surface area contributed by atoms with Crippen LogP contribution in [-0.2, 0) is 0 Å². The third-order valence-corrected chi connectivity index (χ3v) is 3.04. The van der Waals surface area contributed by atoms with Crippen LogP contribution in [-0.4, -0.2) is 17.1 Å². The van der Waals surface area contributed by atoms with E-state index in [1.165, 1.54) is 6.07 Å². The summed E-state index contributed by atoms with van der Waals surface area (Å²) in [4.78, 5) is 3.97. The van der Waals surface area contributed by atoms with Crippen LogP contribution in [0.2, 0.25) is 0 Å². The fourth-order valence-electron chi connectivity index (χ4n) is 2.11. The second kappa shape index (κ2) is 4.98. The Balaban J connectivity index is 2.14. The maximum atomic E-state index is 13.1. The average molecular weight is 239 g/mol. The molecule has 1 fully saturated rings. The summed E-state index contributed by atoms with van der Waals surface area (Å²) in [6.07, 6.45) is 3.91. The minimum Gasteiger partial charge on any atom is -0.474 e. The number of hydrogen-bond donors (Lipinski definition) is 2. The molecule has 0 aliphatic heterocycles. The van der Waals surface area contributed by atoms with E-state index in [1.54, 1.807) is 6.92 Å². The first-order valence-electron chi connectivity index (χ1n) is 5.89. The van der Waals surface area contributed by atoms with Gasteiger partial charge in [0.2, 0.25) is 5.88 Å². The summed E-state index contributed by atoms with van der Waals surface area (Å²) in [5.74, 6) is 0.0354. The van der Waals surface area contributed by atoms with Gasteiger partial charge in [-0.1, -0.05) is 0 Å². The highest BCUT2D eigenvalue weighted by atomic mass is 19.1. The van der Waals surface area contributed by atoms with Gasteiger partial charge < -0.3 is 16.2 Å². The highest BCUT2D eigenvalue weighted by molar-refractivity contribution is 5.29. The lowest BCUT2D eigenvalue weighted by Crippen LogP contribution is -2.20. The van der Waals surface area contributed by atoms with Crippen molar-refractivity contribution in [2.75, 3.05) is 0 Å². The maximum Gasteiger partial charge on any atom is 0.218 e. The molecule has 5 heteroatoms. The Kier molecular flexibility index (Phi) is 3.59. The molecule has 0 radical (unpaired) electrons. The fourth-order valence-corrected chi connectivity index (χ4v) is 2.11. The van der Waals surface area contributed by atoms with Gasteiger partial charge in [-0.2, -0.15) is 0 Å². The van der Waals surface area contributed by atoms with Crippen molar-refractivity contribution in [3.05, 3.63) is 23.6 Å². The minimum atomic E-state index is -0.396. The summed E-state index contributed by atoms with van der Waals surface area (Å²) >= 11 is 0. The molecule has 0 bridgehead atoms. The van der Waals surface area contributed by atoms with E-state index < -0.39 is 5.82 Å². The van der Waals surface area contributed by atoms with Crippen LogP contribution in [0.5, 0.6) is 5.88 Å². The molecule has 2 unspecified atom stereocenters. The molecule has 1 aromatic heterocycles. The lowest BCUT2D eigenvalue weighted by Gasteiger charge is -2.17. The van der Waals surface area contributed by atoms with Crippen molar-refractivity contribution in [1.29, 1.82) is 0 Å². The zero-order chi connectivity index (χ0) is 12.4. The second-order valence-corrected chi connectivity index (χ2v) is 4.65. The van der Waals surface area contributed by atoms with Crippen molar-refractivity contribution in [3.63, 3.8) is 0 Å². The molecule has 4 nitrogen and oxygen atoms in total. The Morgan fingerprint density at radius 1 is 1.53 bits per heavy atom. The Labute approximate surface area is 100 Å². The van der Waals surface area contributed by atoms with Gasteiger partial charge in [-0.05, 0) is 32.3 Å².